The highest BCUT2D eigenvalue weighted by molar-refractivity contribution is 5.86. The van der Waals surface area contributed by atoms with Crippen molar-refractivity contribution in [3.05, 3.63) is 102 Å². The Morgan fingerprint density at radius 3 is 2.45 bits per heavy atom. The van der Waals surface area contributed by atoms with Crippen LogP contribution in [0.4, 0.5) is 0 Å². The zero-order chi connectivity index (χ0) is 27.8. The Labute approximate surface area is 236 Å². The smallest absolute Gasteiger partial charge is 0.237 e. The predicted molar refractivity (Wildman–Crippen MR) is 158 cm³/mol. The van der Waals surface area contributed by atoms with Crippen LogP contribution in [0.2, 0.25) is 0 Å². The number of nitrogens with zero attached hydrogens (tertiary/aromatic N) is 1. The number of H-pyrrole nitrogens is 1. The fourth-order valence-corrected chi connectivity index (χ4v) is 6.01. The Morgan fingerprint density at radius 1 is 0.925 bits per heavy atom. The summed E-state index contributed by atoms with van der Waals surface area (Å²) in [5, 5.41) is 7.50. The van der Waals surface area contributed by atoms with Gasteiger partial charge in [-0.2, -0.15) is 0 Å². The first kappa shape index (κ1) is 27.6. The number of carbonyl (C=O) groups is 2. The van der Waals surface area contributed by atoms with E-state index in [9.17, 15) is 9.59 Å². The average Bonchev–Trinajstić information content (AvgIpc) is 3.39. The van der Waals surface area contributed by atoms with Crippen molar-refractivity contribution < 1.29 is 9.59 Å². The third-order valence-corrected chi connectivity index (χ3v) is 8.22. The summed E-state index contributed by atoms with van der Waals surface area (Å²) in [5.74, 6) is -0.169. The second kappa shape index (κ2) is 12.9. The second-order valence-electron chi connectivity index (χ2n) is 11.2. The van der Waals surface area contributed by atoms with Crippen LogP contribution in [-0.2, 0) is 22.4 Å². The minimum Gasteiger partial charge on any atom is -0.361 e. The first-order valence-corrected chi connectivity index (χ1v) is 14.3. The number of carbonyl (C=O) groups excluding carboxylic acids is 2. The van der Waals surface area contributed by atoms with E-state index >= 15 is 0 Å². The van der Waals surface area contributed by atoms with Gasteiger partial charge in [-0.1, -0.05) is 73.9 Å². The Kier molecular flexibility index (Phi) is 8.91. The maximum Gasteiger partial charge on any atom is 0.237 e. The van der Waals surface area contributed by atoms with Gasteiger partial charge in [-0.25, -0.2) is 0 Å². The molecule has 4 aromatic rings. The summed E-state index contributed by atoms with van der Waals surface area (Å²) in [6, 6.07) is 23.1. The number of benzene rings is 2. The number of pyridine rings is 1. The molecule has 0 spiro atoms. The molecule has 1 unspecified atom stereocenters. The van der Waals surface area contributed by atoms with Gasteiger partial charge in [0.25, 0.3) is 0 Å². The number of fused-ring (bicyclic) bond motifs is 1. The summed E-state index contributed by atoms with van der Waals surface area (Å²) in [7, 11) is 0. The van der Waals surface area contributed by atoms with Crippen molar-refractivity contribution in [2.75, 3.05) is 6.54 Å². The van der Waals surface area contributed by atoms with E-state index in [0.717, 1.165) is 59.8 Å². The Hall–Kier alpha value is -3.97. The maximum atomic E-state index is 13.5. The lowest BCUT2D eigenvalue weighted by Crippen LogP contribution is -2.48. The lowest BCUT2D eigenvalue weighted by atomic mass is 9.71. The van der Waals surface area contributed by atoms with Gasteiger partial charge in [-0.05, 0) is 54.0 Å². The molecule has 5 rings (SSSR count). The summed E-state index contributed by atoms with van der Waals surface area (Å²) in [5.41, 5.74) is 10.1. The van der Waals surface area contributed by atoms with Gasteiger partial charge in [0.15, 0.2) is 0 Å². The summed E-state index contributed by atoms with van der Waals surface area (Å²) >= 11 is 0. The van der Waals surface area contributed by atoms with E-state index in [0.29, 0.717) is 25.8 Å². The molecule has 2 heterocycles. The zero-order valence-electron chi connectivity index (χ0n) is 22.9. The largest absolute Gasteiger partial charge is 0.361 e. The summed E-state index contributed by atoms with van der Waals surface area (Å²) in [6.07, 6.45) is 10.2. The molecule has 2 aromatic carbocycles. The predicted octanol–water partition coefficient (Wildman–Crippen LogP) is 4.99. The van der Waals surface area contributed by atoms with Gasteiger partial charge in [0, 0.05) is 48.4 Å². The summed E-state index contributed by atoms with van der Waals surface area (Å²) in [4.78, 5) is 34.3. The molecule has 2 atom stereocenters. The minimum absolute atomic E-state index is 0.00373. The molecular formula is C33H39N5O2. The van der Waals surface area contributed by atoms with E-state index in [1.54, 1.807) is 6.20 Å². The normalized spacial score (nSPS) is 16.2. The lowest BCUT2D eigenvalue weighted by Gasteiger charge is -2.37. The van der Waals surface area contributed by atoms with Gasteiger partial charge in [0.2, 0.25) is 11.8 Å². The molecule has 0 saturated heterocycles. The maximum absolute atomic E-state index is 13.5. The number of aromatic nitrogens is 2. The van der Waals surface area contributed by atoms with Crippen LogP contribution >= 0.6 is 0 Å². The average molecular weight is 538 g/mol. The van der Waals surface area contributed by atoms with E-state index in [1.165, 1.54) is 0 Å². The topological polar surface area (TPSA) is 113 Å². The number of rotatable bonds is 11. The monoisotopic (exact) mass is 537 g/mol. The first-order valence-electron chi connectivity index (χ1n) is 14.3. The number of aromatic amines is 1. The molecule has 2 aromatic heterocycles. The number of hydrogen-bond donors (Lipinski definition) is 4. The number of nitrogens with one attached hydrogen (secondary N) is 3. The summed E-state index contributed by atoms with van der Waals surface area (Å²) < 4.78 is 0. The molecule has 1 fully saturated rings. The van der Waals surface area contributed by atoms with Crippen LogP contribution in [0.5, 0.6) is 0 Å². The van der Waals surface area contributed by atoms with Crippen molar-refractivity contribution in [2.45, 2.75) is 63.5 Å². The third kappa shape index (κ3) is 6.96. The van der Waals surface area contributed by atoms with Crippen molar-refractivity contribution in [1.29, 1.82) is 0 Å². The van der Waals surface area contributed by atoms with Crippen LogP contribution in [0, 0.1) is 5.41 Å². The van der Waals surface area contributed by atoms with E-state index in [-0.39, 0.29) is 23.3 Å². The van der Waals surface area contributed by atoms with E-state index < -0.39 is 6.04 Å². The molecule has 5 N–H and O–H groups in total. The molecule has 208 valence electrons. The highest BCUT2D eigenvalue weighted by atomic mass is 16.2. The molecule has 7 heteroatoms. The number of amides is 2. The van der Waals surface area contributed by atoms with Crippen LogP contribution in [0.1, 0.15) is 61.4 Å². The van der Waals surface area contributed by atoms with Crippen molar-refractivity contribution >= 4 is 22.7 Å². The van der Waals surface area contributed by atoms with Crippen molar-refractivity contribution in [1.82, 2.24) is 20.6 Å². The Bertz CT molecular complexity index is 1400. The van der Waals surface area contributed by atoms with Gasteiger partial charge >= 0.3 is 0 Å². The molecule has 1 saturated carbocycles. The first-order chi connectivity index (χ1) is 19.5. The van der Waals surface area contributed by atoms with Crippen molar-refractivity contribution in [2.24, 2.45) is 11.1 Å². The molecule has 0 radical (unpaired) electrons. The highest BCUT2D eigenvalue weighted by Gasteiger charge is 2.36. The molecule has 0 aliphatic heterocycles. The van der Waals surface area contributed by atoms with Crippen LogP contribution in [0.25, 0.3) is 10.9 Å². The van der Waals surface area contributed by atoms with Crippen LogP contribution in [-0.4, -0.2) is 34.4 Å². The quantitative estimate of drug-likeness (QED) is 0.216. The molecular weight excluding hydrogens is 498 g/mol. The molecule has 1 aliphatic carbocycles. The summed E-state index contributed by atoms with van der Waals surface area (Å²) in [6.45, 7) is 0.455. The van der Waals surface area contributed by atoms with Gasteiger partial charge in [-0.3, -0.25) is 14.6 Å². The van der Waals surface area contributed by atoms with Crippen LogP contribution in [0.15, 0.2) is 85.2 Å². The molecule has 1 aliphatic rings. The number of nitrogens with two attached hydrogens (primary N) is 1. The zero-order valence-corrected chi connectivity index (χ0v) is 22.9. The SMILES string of the molecule is N[C@@H](Cc1c[nH]c2ccccc12)C(=O)NCC1(CC(=O)NC(Cc2ccccn2)c2ccccc2)CCCCC1. The van der Waals surface area contributed by atoms with E-state index in [4.69, 9.17) is 5.73 Å². The Balaban J connectivity index is 1.23. The van der Waals surface area contributed by atoms with Gasteiger partial charge < -0.3 is 21.4 Å². The fourth-order valence-electron chi connectivity index (χ4n) is 6.01. The standard InChI is InChI=1S/C33H39N5O2/c34-28(19-25-22-36-29-15-6-5-14-27(25)29)32(40)37-23-33(16-8-2-9-17-33)21-31(39)38-30(24-11-3-1-4-12-24)20-26-13-7-10-18-35-26/h1,3-7,10-15,18,22,28,30,36H,2,8-9,16-17,19-21,23,34H2,(H,37,40)(H,38,39)/t28-,30?/m0/s1. The minimum atomic E-state index is -0.658. The van der Waals surface area contributed by atoms with Crippen molar-refractivity contribution in [3.63, 3.8) is 0 Å². The van der Waals surface area contributed by atoms with Gasteiger partial charge in [-0.15, -0.1) is 0 Å². The molecule has 2 amide bonds. The molecule has 0 bridgehead atoms. The second-order valence-corrected chi connectivity index (χ2v) is 11.2. The van der Waals surface area contributed by atoms with E-state index in [2.05, 4.69) is 20.6 Å². The molecule has 40 heavy (non-hydrogen) atoms. The number of para-hydroxylation sites is 1. The number of hydrogen-bond acceptors (Lipinski definition) is 4. The third-order valence-electron chi connectivity index (χ3n) is 8.22. The highest BCUT2D eigenvalue weighted by Crippen LogP contribution is 2.39. The van der Waals surface area contributed by atoms with Gasteiger partial charge in [0.1, 0.15) is 0 Å². The lowest BCUT2D eigenvalue weighted by molar-refractivity contribution is -0.127. The molecule has 7 nitrogen and oxygen atoms in total. The van der Waals surface area contributed by atoms with Crippen LogP contribution in [0.3, 0.4) is 0 Å². The fraction of sp³-hybridized carbons (Fsp3) is 0.364. The van der Waals surface area contributed by atoms with Gasteiger partial charge in [0.05, 0.1) is 12.1 Å². The van der Waals surface area contributed by atoms with Crippen molar-refractivity contribution in [3.8, 4) is 0 Å². The van der Waals surface area contributed by atoms with E-state index in [1.807, 2.05) is 79.0 Å². The van der Waals surface area contributed by atoms with Crippen LogP contribution < -0.4 is 16.4 Å². The Morgan fingerprint density at radius 2 is 1.68 bits per heavy atom.